The third kappa shape index (κ3) is 3.50. The molecule has 0 aromatic heterocycles. The molecule has 2 nitrogen and oxygen atoms in total. The van der Waals surface area contributed by atoms with Gasteiger partial charge in [-0.05, 0) is 60.2 Å². The number of piperidine rings is 1. The second-order valence-electron chi connectivity index (χ2n) is 4.15. The first-order chi connectivity index (χ1) is 7.75. The van der Waals surface area contributed by atoms with Crippen molar-refractivity contribution in [3.8, 4) is 0 Å². The van der Waals surface area contributed by atoms with Gasteiger partial charge in [0.05, 0.1) is 0 Å². The second kappa shape index (κ2) is 6.07. The Kier molecular flexibility index (Phi) is 4.73. The molecule has 0 saturated carbocycles. The number of anilines is 1. The largest absolute Gasteiger partial charge is 0.383 e. The monoisotopic (exact) mass is 350 g/mol. The summed E-state index contributed by atoms with van der Waals surface area (Å²) in [6, 6.07) is 6.58. The minimum atomic E-state index is 0.611. The minimum Gasteiger partial charge on any atom is -0.383 e. The van der Waals surface area contributed by atoms with Crippen LogP contribution in [0.3, 0.4) is 0 Å². The van der Waals surface area contributed by atoms with Gasteiger partial charge in [0.1, 0.15) is 0 Å². The molecule has 1 fully saturated rings. The van der Waals surface area contributed by atoms with Crippen molar-refractivity contribution in [3.63, 3.8) is 0 Å². The summed E-state index contributed by atoms with van der Waals surface area (Å²) in [6.45, 7) is 2.15. The van der Waals surface area contributed by atoms with E-state index in [0.717, 1.165) is 18.1 Å². The Morgan fingerprint density at radius 2 is 2.31 bits per heavy atom. The number of benzene rings is 1. The van der Waals surface area contributed by atoms with E-state index in [1.54, 1.807) is 0 Å². The first kappa shape index (κ1) is 12.5. The zero-order valence-electron chi connectivity index (χ0n) is 9.10. The van der Waals surface area contributed by atoms with Crippen LogP contribution in [0.1, 0.15) is 19.3 Å². The van der Waals surface area contributed by atoms with Gasteiger partial charge in [0.2, 0.25) is 0 Å². The third-order valence-corrected chi connectivity index (χ3v) is 4.01. The summed E-state index contributed by atoms with van der Waals surface area (Å²) in [5.41, 5.74) is 1.18. The van der Waals surface area contributed by atoms with E-state index in [4.69, 9.17) is 11.6 Å². The number of rotatable bonds is 3. The first-order valence-corrected chi connectivity index (χ1v) is 7.13. The Balaban J connectivity index is 1.88. The molecule has 2 rings (SSSR count). The maximum Gasteiger partial charge on any atom is 0.0477 e. The van der Waals surface area contributed by atoms with Gasteiger partial charge in [-0.3, -0.25) is 0 Å². The summed E-state index contributed by atoms with van der Waals surface area (Å²) >= 11 is 8.23. The second-order valence-corrected chi connectivity index (χ2v) is 5.75. The van der Waals surface area contributed by atoms with Crippen LogP contribution in [-0.2, 0) is 0 Å². The smallest absolute Gasteiger partial charge is 0.0477 e. The van der Waals surface area contributed by atoms with E-state index in [1.165, 1.54) is 28.5 Å². The maximum atomic E-state index is 5.92. The highest BCUT2D eigenvalue weighted by atomic mass is 127. The van der Waals surface area contributed by atoms with Gasteiger partial charge >= 0.3 is 0 Å². The summed E-state index contributed by atoms with van der Waals surface area (Å²) in [4.78, 5) is 0. The molecule has 1 heterocycles. The number of halogens is 2. The van der Waals surface area contributed by atoms with Crippen molar-refractivity contribution >= 4 is 39.9 Å². The summed E-state index contributed by atoms with van der Waals surface area (Å²) in [5, 5.41) is 7.81. The van der Waals surface area contributed by atoms with Crippen LogP contribution in [0.15, 0.2) is 18.2 Å². The molecule has 0 radical (unpaired) electrons. The molecule has 1 aromatic rings. The Bertz CT molecular complexity index is 351. The van der Waals surface area contributed by atoms with Crippen molar-refractivity contribution in [2.75, 3.05) is 18.4 Å². The van der Waals surface area contributed by atoms with Gasteiger partial charge in [0.25, 0.3) is 0 Å². The van der Waals surface area contributed by atoms with Crippen molar-refractivity contribution in [3.05, 3.63) is 26.8 Å². The highest BCUT2D eigenvalue weighted by Gasteiger charge is 2.12. The van der Waals surface area contributed by atoms with Gasteiger partial charge in [0, 0.05) is 26.9 Å². The van der Waals surface area contributed by atoms with Crippen LogP contribution in [0, 0.1) is 3.57 Å². The molecule has 88 valence electrons. The summed E-state index contributed by atoms with van der Waals surface area (Å²) in [6.07, 6.45) is 3.93. The highest BCUT2D eigenvalue weighted by Crippen LogP contribution is 2.22. The Hall–Kier alpha value is -0.000000000000000111. The molecule has 0 aliphatic carbocycles. The van der Waals surface area contributed by atoms with Crippen LogP contribution in [0.5, 0.6) is 0 Å². The molecule has 0 bridgehead atoms. The zero-order chi connectivity index (χ0) is 11.4. The van der Waals surface area contributed by atoms with E-state index in [9.17, 15) is 0 Å². The molecular weight excluding hydrogens is 335 g/mol. The van der Waals surface area contributed by atoms with E-state index in [1.807, 2.05) is 18.2 Å². The van der Waals surface area contributed by atoms with E-state index in [0.29, 0.717) is 6.04 Å². The van der Waals surface area contributed by atoms with Crippen LogP contribution in [0.25, 0.3) is 0 Å². The van der Waals surface area contributed by atoms with E-state index in [2.05, 4.69) is 33.2 Å². The molecule has 2 N–H and O–H groups in total. The van der Waals surface area contributed by atoms with Gasteiger partial charge in [-0.25, -0.2) is 0 Å². The molecule has 0 spiro atoms. The SMILES string of the molecule is Clc1ccc(NCC2CCCCN2)c(I)c1. The predicted molar refractivity (Wildman–Crippen MR) is 78.3 cm³/mol. The molecule has 0 amide bonds. The van der Waals surface area contributed by atoms with E-state index < -0.39 is 0 Å². The zero-order valence-corrected chi connectivity index (χ0v) is 12.0. The van der Waals surface area contributed by atoms with Crippen molar-refractivity contribution in [1.82, 2.24) is 5.32 Å². The molecule has 4 heteroatoms. The fourth-order valence-corrected chi connectivity index (χ4v) is 3.03. The molecule has 16 heavy (non-hydrogen) atoms. The lowest BCUT2D eigenvalue weighted by atomic mass is 10.1. The molecular formula is C12H16ClIN2. The van der Waals surface area contributed by atoms with Gasteiger partial charge in [-0.1, -0.05) is 18.0 Å². The predicted octanol–water partition coefficient (Wildman–Crippen LogP) is 3.50. The fraction of sp³-hybridized carbons (Fsp3) is 0.500. The quantitative estimate of drug-likeness (QED) is 0.815. The van der Waals surface area contributed by atoms with Crippen molar-refractivity contribution in [1.29, 1.82) is 0 Å². The Labute approximate surface area is 115 Å². The summed E-state index contributed by atoms with van der Waals surface area (Å²) in [5.74, 6) is 0. The van der Waals surface area contributed by atoms with Gasteiger partial charge < -0.3 is 10.6 Å². The normalized spacial score (nSPS) is 20.8. The van der Waals surface area contributed by atoms with Crippen LogP contribution in [-0.4, -0.2) is 19.1 Å². The standard InChI is InChI=1S/C12H16ClIN2/c13-9-4-5-12(11(14)7-9)16-8-10-3-1-2-6-15-10/h4-5,7,10,15-16H,1-3,6,8H2. The number of hydrogen-bond acceptors (Lipinski definition) is 2. The average Bonchev–Trinajstić information content (AvgIpc) is 2.29. The number of nitrogens with one attached hydrogen (secondary N) is 2. The third-order valence-electron chi connectivity index (χ3n) is 2.88. The van der Waals surface area contributed by atoms with Gasteiger partial charge in [-0.2, -0.15) is 0 Å². The van der Waals surface area contributed by atoms with Crippen molar-refractivity contribution in [2.45, 2.75) is 25.3 Å². The molecule has 1 atom stereocenters. The minimum absolute atomic E-state index is 0.611. The van der Waals surface area contributed by atoms with Crippen LogP contribution >= 0.6 is 34.2 Å². The first-order valence-electron chi connectivity index (χ1n) is 5.68. The average molecular weight is 351 g/mol. The summed E-state index contributed by atoms with van der Waals surface area (Å²) < 4.78 is 1.18. The Morgan fingerprint density at radius 1 is 1.44 bits per heavy atom. The molecule has 1 aliphatic heterocycles. The van der Waals surface area contributed by atoms with Crippen molar-refractivity contribution in [2.24, 2.45) is 0 Å². The molecule has 1 aliphatic rings. The molecule has 1 unspecified atom stereocenters. The summed E-state index contributed by atoms with van der Waals surface area (Å²) in [7, 11) is 0. The lowest BCUT2D eigenvalue weighted by molar-refractivity contribution is 0.414. The molecule has 1 saturated heterocycles. The van der Waals surface area contributed by atoms with Crippen LogP contribution in [0.2, 0.25) is 5.02 Å². The number of hydrogen-bond donors (Lipinski definition) is 2. The van der Waals surface area contributed by atoms with Crippen LogP contribution in [0.4, 0.5) is 5.69 Å². The van der Waals surface area contributed by atoms with Crippen LogP contribution < -0.4 is 10.6 Å². The van der Waals surface area contributed by atoms with Gasteiger partial charge in [-0.15, -0.1) is 0 Å². The fourth-order valence-electron chi connectivity index (χ4n) is 1.96. The lowest BCUT2D eigenvalue weighted by Crippen LogP contribution is -2.39. The van der Waals surface area contributed by atoms with Gasteiger partial charge in [0.15, 0.2) is 0 Å². The van der Waals surface area contributed by atoms with Crippen molar-refractivity contribution < 1.29 is 0 Å². The van der Waals surface area contributed by atoms with E-state index >= 15 is 0 Å². The Morgan fingerprint density at radius 3 is 3.00 bits per heavy atom. The maximum absolute atomic E-state index is 5.92. The molecule has 1 aromatic carbocycles. The highest BCUT2D eigenvalue weighted by molar-refractivity contribution is 14.1. The lowest BCUT2D eigenvalue weighted by Gasteiger charge is -2.24. The topological polar surface area (TPSA) is 24.1 Å². The van der Waals surface area contributed by atoms with E-state index in [-0.39, 0.29) is 0 Å².